The first-order chi connectivity index (χ1) is 13.2. The summed E-state index contributed by atoms with van der Waals surface area (Å²) in [7, 11) is 1.68. The summed E-state index contributed by atoms with van der Waals surface area (Å²) in [6.07, 6.45) is 4.68. The average molecular weight is 417 g/mol. The van der Waals surface area contributed by atoms with Gasteiger partial charge in [0.1, 0.15) is 10.1 Å². The first kappa shape index (κ1) is 20.9. The van der Waals surface area contributed by atoms with E-state index < -0.39 is 0 Å². The molecule has 0 spiro atoms. The lowest BCUT2D eigenvalue weighted by Crippen LogP contribution is -2.48. The van der Waals surface area contributed by atoms with Gasteiger partial charge in [0, 0.05) is 35.9 Å². The van der Waals surface area contributed by atoms with E-state index >= 15 is 0 Å². The highest BCUT2D eigenvalue weighted by Gasteiger charge is 2.36. The zero-order valence-electron chi connectivity index (χ0n) is 17.2. The van der Waals surface area contributed by atoms with Gasteiger partial charge in [-0.25, -0.2) is 0 Å². The molecule has 28 heavy (non-hydrogen) atoms. The second kappa shape index (κ2) is 7.91. The van der Waals surface area contributed by atoms with Crippen molar-refractivity contribution in [3.63, 3.8) is 0 Å². The van der Waals surface area contributed by atoms with Gasteiger partial charge in [0.05, 0.1) is 12.0 Å². The number of nitrogens with zero attached hydrogens (tertiary/aromatic N) is 2. The van der Waals surface area contributed by atoms with Crippen molar-refractivity contribution in [1.29, 1.82) is 0 Å². The van der Waals surface area contributed by atoms with E-state index in [1.807, 2.05) is 6.08 Å². The van der Waals surface area contributed by atoms with Crippen molar-refractivity contribution in [3.8, 4) is 5.75 Å². The van der Waals surface area contributed by atoms with Crippen molar-refractivity contribution in [2.45, 2.75) is 45.6 Å². The Balaban J connectivity index is 2.07. The van der Waals surface area contributed by atoms with Gasteiger partial charge in [-0.05, 0) is 50.8 Å². The monoisotopic (exact) mass is 416 g/mol. The minimum absolute atomic E-state index is 0.0703. The predicted octanol–water partition coefficient (Wildman–Crippen LogP) is 5.19. The van der Waals surface area contributed by atoms with E-state index in [-0.39, 0.29) is 11.4 Å². The quantitative estimate of drug-likeness (QED) is 0.374. The lowest BCUT2D eigenvalue weighted by molar-refractivity contribution is -0.121. The highest BCUT2D eigenvalue weighted by Crippen LogP contribution is 2.46. The van der Waals surface area contributed by atoms with Crippen LogP contribution in [0.3, 0.4) is 0 Å². The van der Waals surface area contributed by atoms with Crippen LogP contribution < -0.4 is 9.64 Å². The first-order valence-corrected chi connectivity index (χ1v) is 10.8. The zero-order valence-corrected chi connectivity index (χ0v) is 18.9. The van der Waals surface area contributed by atoms with Crippen molar-refractivity contribution >= 4 is 46.0 Å². The zero-order chi connectivity index (χ0) is 20.6. The minimum atomic E-state index is -0.0703. The van der Waals surface area contributed by atoms with Crippen LogP contribution in [0.15, 0.2) is 29.7 Å². The maximum atomic E-state index is 12.7. The standard InChI is InChI=1S/C22H28N2O2S2/c1-7-9-23-20(25)19(28-21(23)27)11-15-10-16-14(3)13-22(4,5)24(8-2)17(16)12-18(15)26-6/h7,10-12,14H,1,8-9,13H2,2-6H3/b19-11+. The first-order valence-electron chi connectivity index (χ1n) is 9.59. The summed E-state index contributed by atoms with van der Waals surface area (Å²) >= 11 is 6.69. The molecule has 1 atom stereocenters. The number of carbonyl (C=O) groups is 1. The van der Waals surface area contributed by atoms with Crippen molar-refractivity contribution in [1.82, 2.24) is 4.90 Å². The van der Waals surface area contributed by atoms with Gasteiger partial charge in [0.25, 0.3) is 5.91 Å². The van der Waals surface area contributed by atoms with Crippen LogP contribution in [0, 0.1) is 0 Å². The van der Waals surface area contributed by atoms with E-state index in [4.69, 9.17) is 17.0 Å². The topological polar surface area (TPSA) is 32.8 Å². The molecule has 0 saturated carbocycles. The summed E-state index contributed by atoms with van der Waals surface area (Å²) in [6.45, 7) is 14.1. The van der Waals surface area contributed by atoms with Gasteiger partial charge in [0.2, 0.25) is 0 Å². The van der Waals surface area contributed by atoms with Crippen LogP contribution in [0.1, 0.15) is 51.2 Å². The second-order valence-corrected chi connectivity index (χ2v) is 9.57. The molecule has 150 valence electrons. The number of anilines is 1. The molecule has 6 heteroatoms. The molecule has 3 rings (SSSR count). The predicted molar refractivity (Wildman–Crippen MR) is 123 cm³/mol. The summed E-state index contributed by atoms with van der Waals surface area (Å²) in [5.74, 6) is 1.14. The minimum Gasteiger partial charge on any atom is -0.496 e. The van der Waals surface area contributed by atoms with Gasteiger partial charge in [-0.2, -0.15) is 0 Å². The van der Waals surface area contributed by atoms with E-state index in [1.165, 1.54) is 23.0 Å². The molecular weight excluding hydrogens is 388 g/mol. The van der Waals surface area contributed by atoms with E-state index in [0.29, 0.717) is 21.7 Å². The molecule has 1 unspecified atom stereocenters. The Morgan fingerprint density at radius 3 is 2.75 bits per heavy atom. The average Bonchev–Trinajstić information content (AvgIpc) is 2.89. The van der Waals surface area contributed by atoms with Crippen molar-refractivity contribution in [2.75, 3.05) is 25.1 Å². The van der Waals surface area contributed by atoms with E-state index in [0.717, 1.165) is 24.3 Å². The number of thioether (sulfide) groups is 1. The maximum absolute atomic E-state index is 12.7. The number of rotatable bonds is 5. The molecule has 2 heterocycles. The van der Waals surface area contributed by atoms with E-state index in [9.17, 15) is 4.79 Å². The highest BCUT2D eigenvalue weighted by molar-refractivity contribution is 8.26. The second-order valence-electron chi connectivity index (χ2n) is 7.90. The van der Waals surface area contributed by atoms with E-state index in [2.05, 4.69) is 51.3 Å². The third-order valence-corrected chi connectivity index (χ3v) is 6.90. The van der Waals surface area contributed by atoms with E-state index in [1.54, 1.807) is 18.1 Å². The lowest BCUT2D eigenvalue weighted by Gasteiger charge is -2.47. The van der Waals surface area contributed by atoms with Gasteiger partial charge in [-0.15, -0.1) is 6.58 Å². The molecule has 0 bridgehead atoms. The van der Waals surface area contributed by atoms with Gasteiger partial charge >= 0.3 is 0 Å². The molecule has 4 nitrogen and oxygen atoms in total. The normalized spacial score (nSPS) is 22.6. The lowest BCUT2D eigenvalue weighted by atomic mass is 9.79. The molecule has 1 saturated heterocycles. The van der Waals surface area contributed by atoms with Crippen molar-refractivity contribution in [3.05, 3.63) is 40.8 Å². The van der Waals surface area contributed by atoms with Crippen LogP contribution in [0.25, 0.3) is 6.08 Å². The number of methoxy groups -OCH3 is 1. The molecular formula is C22H28N2O2S2. The summed E-state index contributed by atoms with van der Waals surface area (Å²) in [5, 5.41) is 0. The van der Waals surface area contributed by atoms with Crippen LogP contribution >= 0.6 is 24.0 Å². The Morgan fingerprint density at radius 2 is 2.14 bits per heavy atom. The van der Waals surface area contributed by atoms with Gasteiger partial charge in [-0.1, -0.05) is 37.0 Å². The molecule has 2 aliphatic heterocycles. The molecule has 0 aromatic heterocycles. The van der Waals surface area contributed by atoms with Crippen molar-refractivity contribution < 1.29 is 9.53 Å². The number of hydrogen-bond acceptors (Lipinski definition) is 5. The molecule has 1 aromatic rings. The smallest absolute Gasteiger partial charge is 0.266 e. The Bertz CT molecular complexity index is 860. The highest BCUT2D eigenvalue weighted by atomic mass is 32.2. The summed E-state index contributed by atoms with van der Waals surface area (Å²) in [5.41, 5.74) is 3.54. The number of thiocarbonyl (C=S) groups is 1. The Morgan fingerprint density at radius 1 is 1.43 bits per heavy atom. The third kappa shape index (κ3) is 3.60. The molecule has 1 fully saturated rings. The fourth-order valence-corrected chi connectivity index (χ4v) is 5.61. The van der Waals surface area contributed by atoms with Gasteiger partial charge in [0.15, 0.2) is 0 Å². The fourth-order valence-electron chi connectivity index (χ4n) is 4.34. The number of carbonyl (C=O) groups excluding carboxylic acids is 1. The number of amides is 1. The SMILES string of the molecule is C=CCN1C(=O)/C(=C\c2cc3c(cc2OC)N(CC)C(C)(C)CC3C)SC1=S. The molecule has 1 aromatic carbocycles. The Hall–Kier alpha value is -1.79. The number of hydrogen-bond donors (Lipinski definition) is 0. The maximum Gasteiger partial charge on any atom is 0.266 e. The Kier molecular flexibility index (Phi) is 5.92. The van der Waals surface area contributed by atoms with Crippen LogP contribution in [0.4, 0.5) is 5.69 Å². The molecule has 0 aliphatic carbocycles. The third-order valence-electron chi connectivity index (χ3n) is 5.53. The number of fused-ring (bicyclic) bond motifs is 1. The van der Waals surface area contributed by atoms with Crippen LogP contribution in [0.5, 0.6) is 5.75 Å². The summed E-state index contributed by atoms with van der Waals surface area (Å²) < 4.78 is 6.27. The van der Waals surface area contributed by atoms with Crippen LogP contribution in [0.2, 0.25) is 0 Å². The summed E-state index contributed by atoms with van der Waals surface area (Å²) in [4.78, 5) is 17.3. The van der Waals surface area contributed by atoms with Gasteiger partial charge in [-0.3, -0.25) is 9.69 Å². The number of benzene rings is 1. The molecule has 0 N–H and O–H groups in total. The van der Waals surface area contributed by atoms with Crippen molar-refractivity contribution in [2.24, 2.45) is 0 Å². The molecule has 2 aliphatic rings. The van der Waals surface area contributed by atoms with Crippen LogP contribution in [-0.4, -0.2) is 40.9 Å². The number of ether oxygens (including phenoxy) is 1. The fraction of sp³-hybridized carbons (Fsp3) is 0.455. The van der Waals surface area contributed by atoms with Crippen LogP contribution in [-0.2, 0) is 4.79 Å². The van der Waals surface area contributed by atoms with Gasteiger partial charge < -0.3 is 9.64 Å². The molecule has 1 amide bonds. The summed E-state index contributed by atoms with van der Waals surface area (Å²) in [6, 6.07) is 4.29. The molecule has 0 radical (unpaired) electrons. The largest absolute Gasteiger partial charge is 0.496 e. The Labute approximate surface area is 177 Å².